The first-order valence-corrected chi connectivity index (χ1v) is 11.8. The molecule has 0 spiro atoms. The molecule has 8 nitrogen and oxygen atoms in total. The zero-order chi connectivity index (χ0) is 26.0. The van der Waals surface area contributed by atoms with Crippen molar-refractivity contribution in [3.05, 3.63) is 53.6 Å². The largest absolute Gasteiger partial charge is 0.507 e. The number of hydrogen-bond donors (Lipinski definition) is 2. The van der Waals surface area contributed by atoms with Crippen LogP contribution >= 0.6 is 11.6 Å². The lowest BCUT2D eigenvalue weighted by Gasteiger charge is -2.37. The van der Waals surface area contributed by atoms with Gasteiger partial charge in [-0.3, -0.25) is 4.90 Å². The van der Waals surface area contributed by atoms with Gasteiger partial charge in [0.25, 0.3) is 0 Å². The summed E-state index contributed by atoms with van der Waals surface area (Å²) in [5.41, 5.74) is -0.734. The monoisotopic (exact) mass is 519 g/mol. The topological polar surface area (TPSA) is 85.2 Å². The number of benzene rings is 2. The predicted octanol–water partition coefficient (Wildman–Crippen LogP) is 3.50. The third-order valence-corrected chi connectivity index (χ3v) is 6.35. The molecule has 1 saturated heterocycles. The van der Waals surface area contributed by atoms with Crippen LogP contribution in [0.15, 0.2) is 36.9 Å². The van der Waals surface area contributed by atoms with Gasteiger partial charge in [0.15, 0.2) is 5.82 Å². The SMILES string of the molecule is C=CC(O)N1CCN(c2nc(OCCN(C)C)nc3c(F)c(-c4c(O)cccc4F)c(Cl)cc23)CC1. The number of rotatable bonds is 8. The number of hydrogen-bond acceptors (Lipinski definition) is 8. The number of phenols is 1. The zero-order valence-corrected chi connectivity index (χ0v) is 20.8. The highest BCUT2D eigenvalue weighted by molar-refractivity contribution is 6.34. The second-order valence-electron chi connectivity index (χ2n) is 8.73. The molecule has 1 atom stereocenters. The summed E-state index contributed by atoms with van der Waals surface area (Å²) < 4.78 is 36.3. The first-order valence-electron chi connectivity index (χ1n) is 11.5. The maximum atomic E-state index is 16.0. The Morgan fingerprint density at radius 1 is 1.19 bits per heavy atom. The number of piperazine rings is 1. The number of halogens is 3. The van der Waals surface area contributed by atoms with E-state index in [0.717, 1.165) is 6.07 Å². The normalized spacial score (nSPS) is 15.5. The maximum Gasteiger partial charge on any atom is 0.319 e. The molecule has 1 fully saturated rings. The number of phenolic OH excluding ortho intramolecular Hbond substituents is 1. The van der Waals surface area contributed by atoms with E-state index in [1.54, 1.807) is 0 Å². The molecule has 4 rings (SSSR count). The first kappa shape index (κ1) is 26.0. The number of anilines is 1. The molecule has 36 heavy (non-hydrogen) atoms. The summed E-state index contributed by atoms with van der Waals surface area (Å²) in [6.45, 7) is 6.51. The molecule has 2 N–H and O–H groups in total. The van der Waals surface area contributed by atoms with Crippen LogP contribution in [-0.2, 0) is 0 Å². The Morgan fingerprint density at radius 2 is 1.92 bits per heavy atom. The van der Waals surface area contributed by atoms with E-state index in [0.29, 0.717) is 43.9 Å². The minimum atomic E-state index is -0.889. The standard InChI is InChI=1S/C25H28ClF2N5O3/c1-4-19(35)32-8-10-33(11-9-32)24-15-14-16(26)20(21-17(27)6-5-7-18(21)34)22(28)23(15)29-25(30-24)36-13-12-31(2)3/h4-7,14,19,34-35H,1,8-13H2,2-3H3. The van der Waals surface area contributed by atoms with Gasteiger partial charge in [-0.05, 0) is 38.4 Å². The van der Waals surface area contributed by atoms with Gasteiger partial charge in [0.1, 0.15) is 35.7 Å². The van der Waals surface area contributed by atoms with Crippen LogP contribution in [0.25, 0.3) is 22.0 Å². The number of aliphatic hydroxyl groups excluding tert-OH is 1. The van der Waals surface area contributed by atoms with Gasteiger partial charge < -0.3 is 24.7 Å². The average Bonchev–Trinajstić information content (AvgIpc) is 2.85. The van der Waals surface area contributed by atoms with E-state index in [4.69, 9.17) is 16.3 Å². The smallest absolute Gasteiger partial charge is 0.319 e. The van der Waals surface area contributed by atoms with E-state index < -0.39 is 23.6 Å². The predicted molar refractivity (Wildman–Crippen MR) is 136 cm³/mol. The van der Waals surface area contributed by atoms with Crippen LogP contribution in [0.2, 0.25) is 5.02 Å². The summed E-state index contributed by atoms with van der Waals surface area (Å²) in [4.78, 5) is 14.6. The van der Waals surface area contributed by atoms with Crippen molar-refractivity contribution in [3.63, 3.8) is 0 Å². The fourth-order valence-electron chi connectivity index (χ4n) is 4.12. The molecule has 0 saturated carbocycles. The van der Waals surface area contributed by atoms with Crippen LogP contribution in [0.1, 0.15) is 0 Å². The Morgan fingerprint density at radius 3 is 2.56 bits per heavy atom. The zero-order valence-electron chi connectivity index (χ0n) is 20.1. The van der Waals surface area contributed by atoms with Crippen LogP contribution in [-0.4, -0.2) is 89.6 Å². The van der Waals surface area contributed by atoms with Gasteiger partial charge in [0, 0.05) is 43.7 Å². The molecule has 192 valence electrons. The highest BCUT2D eigenvalue weighted by Gasteiger charge is 2.27. The van der Waals surface area contributed by atoms with Crippen molar-refractivity contribution < 1.29 is 23.7 Å². The third kappa shape index (κ3) is 5.22. The average molecular weight is 520 g/mol. The number of aliphatic hydroxyl groups is 1. The highest BCUT2D eigenvalue weighted by atomic mass is 35.5. The molecular formula is C25H28ClF2N5O3. The number of fused-ring (bicyclic) bond motifs is 1. The Hall–Kier alpha value is -3.05. The molecule has 0 aliphatic carbocycles. The maximum absolute atomic E-state index is 16.0. The molecule has 2 aromatic carbocycles. The van der Waals surface area contributed by atoms with Crippen LogP contribution in [0.4, 0.5) is 14.6 Å². The number of aromatic hydroxyl groups is 1. The summed E-state index contributed by atoms with van der Waals surface area (Å²) in [7, 11) is 3.78. The molecular weight excluding hydrogens is 492 g/mol. The quantitative estimate of drug-likeness (QED) is 0.437. The molecule has 3 aromatic rings. The van der Waals surface area contributed by atoms with E-state index in [2.05, 4.69) is 16.5 Å². The molecule has 11 heteroatoms. The minimum absolute atomic E-state index is 0.0298. The Balaban J connectivity index is 1.83. The summed E-state index contributed by atoms with van der Waals surface area (Å²) in [6, 6.07) is 5.15. The third-order valence-electron chi connectivity index (χ3n) is 6.05. The summed E-state index contributed by atoms with van der Waals surface area (Å²) in [5, 5.41) is 20.6. The van der Waals surface area contributed by atoms with Crippen LogP contribution < -0.4 is 9.64 Å². The van der Waals surface area contributed by atoms with E-state index in [-0.39, 0.29) is 34.3 Å². The minimum Gasteiger partial charge on any atom is -0.507 e. The second-order valence-corrected chi connectivity index (χ2v) is 9.14. The van der Waals surface area contributed by atoms with E-state index in [1.807, 2.05) is 28.8 Å². The highest BCUT2D eigenvalue weighted by Crippen LogP contribution is 2.42. The lowest BCUT2D eigenvalue weighted by atomic mass is 10.0. The Bertz CT molecular complexity index is 1250. The van der Waals surface area contributed by atoms with Crippen LogP contribution in [0.5, 0.6) is 11.8 Å². The van der Waals surface area contributed by atoms with Gasteiger partial charge in [-0.15, -0.1) is 0 Å². The molecule has 2 heterocycles. The van der Waals surface area contributed by atoms with Crippen molar-refractivity contribution in [2.24, 2.45) is 0 Å². The number of nitrogens with zero attached hydrogens (tertiary/aromatic N) is 5. The lowest BCUT2D eigenvalue weighted by molar-refractivity contribution is 0.0379. The molecule has 0 bridgehead atoms. The van der Waals surface area contributed by atoms with E-state index >= 15 is 4.39 Å². The first-order chi connectivity index (χ1) is 17.2. The molecule has 0 radical (unpaired) electrons. The molecule has 1 unspecified atom stereocenters. The molecule has 1 aromatic heterocycles. The van der Waals surface area contributed by atoms with Crippen molar-refractivity contribution in [2.75, 3.05) is 58.3 Å². The Labute approximate surface area is 213 Å². The number of ether oxygens (including phenoxy) is 1. The van der Waals surface area contributed by atoms with Gasteiger partial charge >= 0.3 is 6.01 Å². The summed E-state index contributed by atoms with van der Waals surface area (Å²) >= 11 is 6.46. The van der Waals surface area contributed by atoms with Crippen molar-refractivity contribution in [2.45, 2.75) is 6.23 Å². The summed E-state index contributed by atoms with van der Waals surface area (Å²) in [6.07, 6.45) is 0.698. The van der Waals surface area contributed by atoms with Gasteiger partial charge in [0.2, 0.25) is 0 Å². The lowest BCUT2D eigenvalue weighted by Crippen LogP contribution is -2.50. The van der Waals surface area contributed by atoms with Crippen LogP contribution in [0, 0.1) is 11.6 Å². The van der Waals surface area contributed by atoms with Gasteiger partial charge in [-0.2, -0.15) is 9.97 Å². The number of aromatic nitrogens is 2. The fourth-order valence-corrected chi connectivity index (χ4v) is 4.41. The molecule has 1 aliphatic rings. The van der Waals surface area contributed by atoms with E-state index in [1.165, 1.54) is 24.3 Å². The molecule has 0 amide bonds. The Kier molecular flexibility index (Phi) is 7.89. The fraction of sp³-hybridized carbons (Fsp3) is 0.360. The van der Waals surface area contributed by atoms with Gasteiger partial charge in [0.05, 0.1) is 10.6 Å². The molecule has 1 aliphatic heterocycles. The van der Waals surface area contributed by atoms with Crippen LogP contribution in [0.3, 0.4) is 0 Å². The van der Waals surface area contributed by atoms with Crippen molar-refractivity contribution >= 4 is 28.3 Å². The second kappa shape index (κ2) is 10.9. The van der Waals surface area contributed by atoms with Crippen molar-refractivity contribution in [3.8, 4) is 22.9 Å². The van der Waals surface area contributed by atoms with E-state index in [9.17, 15) is 14.6 Å². The number of likely N-dealkylation sites (N-methyl/N-ethyl adjacent to an activating group) is 1. The van der Waals surface area contributed by atoms with Gasteiger partial charge in [-0.25, -0.2) is 8.78 Å². The van der Waals surface area contributed by atoms with Gasteiger partial charge in [-0.1, -0.05) is 24.2 Å². The summed E-state index contributed by atoms with van der Waals surface area (Å²) in [5.74, 6) is -1.73. The van der Waals surface area contributed by atoms with Crippen molar-refractivity contribution in [1.82, 2.24) is 19.8 Å². The van der Waals surface area contributed by atoms with Crippen molar-refractivity contribution in [1.29, 1.82) is 0 Å².